The van der Waals surface area contributed by atoms with Gasteiger partial charge in [-0.3, -0.25) is 4.79 Å². The minimum atomic E-state index is -1.04. The average molecular weight is 306 g/mol. The van der Waals surface area contributed by atoms with Gasteiger partial charge in [-0.1, -0.05) is 36.1 Å². The monoisotopic (exact) mass is 306 g/mol. The summed E-state index contributed by atoms with van der Waals surface area (Å²) in [7, 11) is 0. The van der Waals surface area contributed by atoms with Crippen LogP contribution in [0, 0.1) is 0 Å². The third-order valence-corrected chi connectivity index (χ3v) is 3.51. The summed E-state index contributed by atoms with van der Waals surface area (Å²) in [6, 6.07) is 16.0. The van der Waals surface area contributed by atoms with Crippen LogP contribution >= 0.6 is 0 Å². The number of fused-ring (bicyclic) bond motifs is 1. The molecular formula is C18H12NO4-. The molecule has 0 atom stereocenters. The van der Waals surface area contributed by atoms with Crippen LogP contribution in [0.25, 0.3) is 10.8 Å². The third kappa shape index (κ3) is 2.85. The first-order valence-electron chi connectivity index (χ1n) is 6.90. The minimum absolute atomic E-state index is 0.0472. The second-order valence-electron chi connectivity index (χ2n) is 5.00. The van der Waals surface area contributed by atoms with Gasteiger partial charge in [-0.05, 0) is 41.1 Å². The summed E-state index contributed by atoms with van der Waals surface area (Å²) in [5.41, 5.74) is 0.594. The van der Waals surface area contributed by atoms with Crippen LogP contribution in [-0.4, -0.2) is 17.0 Å². The highest BCUT2D eigenvalue weighted by Crippen LogP contribution is 2.26. The number of carboxylic acid groups (broad SMARTS) is 1. The summed E-state index contributed by atoms with van der Waals surface area (Å²) < 4.78 is 0. The van der Waals surface area contributed by atoms with Crippen molar-refractivity contribution >= 4 is 28.3 Å². The van der Waals surface area contributed by atoms with Gasteiger partial charge in [0.25, 0.3) is 5.91 Å². The molecule has 114 valence electrons. The van der Waals surface area contributed by atoms with E-state index in [-0.39, 0.29) is 16.9 Å². The maximum absolute atomic E-state index is 12.4. The molecule has 0 heterocycles. The van der Waals surface area contributed by atoms with Gasteiger partial charge in [0.2, 0.25) is 0 Å². The Kier molecular flexibility index (Phi) is 3.68. The normalized spacial score (nSPS) is 10.4. The van der Waals surface area contributed by atoms with Gasteiger partial charge >= 0.3 is 5.97 Å². The lowest BCUT2D eigenvalue weighted by Gasteiger charge is -2.16. The standard InChI is InChI=1S/C18H13NO4/c20-16-14-4-2-1-3-11(14)7-10-15(16)17(21)19-13-8-5-12(6-9-13)18(22)23/h1-10,20H,(H,19,21)(H,22,23)/p-1. The molecule has 0 aliphatic carbocycles. The molecule has 0 radical (unpaired) electrons. The van der Waals surface area contributed by atoms with Crippen LogP contribution < -0.4 is 10.4 Å². The first-order valence-corrected chi connectivity index (χ1v) is 6.90. The molecule has 3 aromatic carbocycles. The van der Waals surface area contributed by atoms with E-state index in [0.29, 0.717) is 11.1 Å². The number of carbonyl (C=O) groups is 2. The maximum atomic E-state index is 12.4. The zero-order valence-corrected chi connectivity index (χ0v) is 11.9. The van der Waals surface area contributed by atoms with Crippen molar-refractivity contribution in [2.75, 3.05) is 5.32 Å². The predicted octanol–water partition coefficient (Wildman–Crippen LogP) is 2.86. The van der Waals surface area contributed by atoms with Crippen LogP contribution in [-0.2, 0) is 0 Å². The zero-order chi connectivity index (χ0) is 16.4. The molecule has 0 aliphatic heterocycles. The molecule has 5 heteroatoms. The fraction of sp³-hybridized carbons (Fsp3) is 0. The number of amides is 1. The highest BCUT2D eigenvalue weighted by Gasteiger charge is 2.09. The molecule has 23 heavy (non-hydrogen) atoms. The molecule has 2 N–H and O–H groups in total. The zero-order valence-electron chi connectivity index (χ0n) is 11.9. The van der Waals surface area contributed by atoms with Crippen molar-refractivity contribution in [2.24, 2.45) is 0 Å². The van der Waals surface area contributed by atoms with E-state index in [2.05, 4.69) is 5.32 Å². The van der Waals surface area contributed by atoms with E-state index in [9.17, 15) is 14.7 Å². The Hall–Kier alpha value is -3.34. The molecule has 5 nitrogen and oxygen atoms in total. The van der Waals surface area contributed by atoms with Crippen LogP contribution in [0.15, 0.2) is 60.7 Å². The molecule has 0 saturated carbocycles. The number of nitrogens with one attached hydrogen (secondary N) is 1. The minimum Gasteiger partial charge on any atom is -0.872 e. The van der Waals surface area contributed by atoms with Crippen molar-refractivity contribution in [1.29, 1.82) is 0 Å². The summed E-state index contributed by atoms with van der Waals surface area (Å²) in [6.45, 7) is 0. The quantitative estimate of drug-likeness (QED) is 0.778. The molecule has 0 fully saturated rings. The van der Waals surface area contributed by atoms with E-state index in [1.807, 2.05) is 12.1 Å². The van der Waals surface area contributed by atoms with Gasteiger partial charge in [-0.15, -0.1) is 0 Å². The molecule has 0 aromatic heterocycles. The highest BCUT2D eigenvalue weighted by atomic mass is 16.4. The SMILES string of the molecule is O=C(O)c1ccc(NC(=O)c2ccc3ccccc3c2[O-])cc1. The van der Waals surface area contributed by atoms with Crippen LogP contribution in [0.2, 0.25) is 0 Å². The number of benzene rings is 3. The van der Waals surface area contributed by atoms with Crippen molar-refractivity contribution in [1.82, 2.24) is 0 Å². The molecule has 1 amide bonds. The molecule has 0 aliphatic rings. The van der Waals surface area contributed by atoms with E-state index in [1.165, 1.54) is 30.3 Å². The lowest BCUT2D eigenvalue weighted by atomic mass is 10.0. The van der Waals surface area contributed by atoms with Crippen LogP contribution in [0.1, 0.15) is 20.7 Å². The van der Waals surface area contributed by atoms with Gasteiger partial charge in [0.05, 0.1) is 5.56 Å². The molecule has 3 rings (SSSR count). The number of hydrogen-bond donors (Lipinski definition) is 2. The van der Waals surface area contributed by atoms with Crippen LogP contribution in [0.4, 0.5) is 5.69 Å². The molecular weight excluding hydrogens is 294 g/mol. The molecule has 0 spiro atoms. The topological polar surface area (TPSA) is 89.5 Å². The first-order chi connectivity index (χ1) is 11.1. The number of rotatable bonds is 3. The van der Waals surface area contributed by atoms with Gasteiger partial charge in [0, 0.05) is 11.3 Å². The third-order valence-electron chi connectivity index (χ3n) is 3.51. The first kappa shape index (κ1) is 14.6. The predicted molar refractivity (Wildman–Crippen MR) is 84.7 cm³/mol. The van der Waals surface area contributed by atoms with E-state index < -0.39 is 11.9 Å². The Bertz CT molecular complexity index is 901. The molecule has 3 aromatic rings. The van der Waals surface area contributed by atoms with Crippen molar-refractivity contribution in [2.45, 2.75) is 0 Å². The summed E-state index contributed by atoms with van der Waals surface area (Å²) in [5.74, 6) is -1.90. The Balaban J connectivity index is 1.88. The van der Waals surface area contributed by atoms with Gasteiger partial charge in [-0.2, -0.15) is 0 Å². The maximum Gasteiger partial charge on any atom is 0.335 e. The number of aromatic carboxylic acids is 1. The van der Waals surface area contributed by atoms with Crippen molar-refractivity contribution in [3.63, 3.8) is 0 Å². The van der Waals surface area contributed by atoms with Gasteiger partial charge in [0.1, 0.15) is 0 Å². The van der Waals surface area contributed by atoms with Crippen molar-refractivity contribution in [3.8, 4) is 5.75 Å². The molecule has 0 bridgehead atoms. The number of anilines is 1. The van der Waals surface area contributed by atoms with Crippen LogP contribution in [0.5, 0.6) is 5.75 Å². The summed E-state index contributed by atoms with van der Waals surface area (Å²) in [5, 5.41) is 25.1. The van der Waals surface area contributed by atoms with Gasteiger partial charge in [-0.25, -0.2) is 4.79 Å². The Morgan fingerprint density at radius 3 is 2.30 bits per heavy atom. The molecule has 0 saturated heterocycles. The van der Waals surface area contributed by atoms with Gasteiger partial charge in [0.15, 0.2) is 0 Å². The summed E-state index contributed by atoms with van der Waals surface area (Å²) in [6.07, 6.45) is 0. The van der Waals surface area contributed by atoms with E-state index in [4.69, 9.17) is 5.11 Å². The highest BCUT2D eigenvalue weighted by molar-refractivity contribution is 6.09. The average Bonchev–Trinajstić information content (AvgIpc) is 2.56. The second kappa shape index (κ2) is 5.81. The summed E-state index contributed by atoms with van der Waals surface area (Å²) >= 11 is 0. The van der Waals surface area contributed by atoms with Crippen molar-refractivity contribution < 1.29 is 19.8 Å². The largest absolute Gasteiger partial charge is 0.872 e. The van der Waals surface area contributed by atoms with Gasteiger partial charge < -0.3 is 15.5 Å². The molecule has 0 unspecified atom stereocenters. The summed E-state index contributed by atoms with van der Waals surface area (Å²) in [4.78, 5) is 23.1. The Morgan fingerprint density at radius 1 is 0.913 bits per heavy atom. The lowest BCUT2D eigenvalue weighted by Crippen LogP contribution is -2.14. The number of hydrogen-bond acceptors (Lipinski definition) is 3. The van der Waals surface area contributed by atoms with Crippen LogP contribution in [0.3, 0.4) is 0 Å². The Labute approximate surface area is 131 Å². The fourth-order valence-electron chi connectivity index (χ4n) is 2.32. The lowest BCUT2D eigenvalue weighted by molar-refractivity contribution is -0.266. The number of carbonyl (C=O) groups excluding carboxylic acids is 1. The van der Waals surface area contributed by atoms with Crippen molar-refractivity contribution in [3.05, 3.63) is 71.8 Å². The van der Waals surface area contributed by atoms with E-state index in [1.54, 1.807) is 18.2 Å². The number of carboxylic acids is 1. The van der Waals surface area contributed by atoms with E-state index >= 15 is 0 Å². The second-order valence-corrected chi connectivity index (χ2v) is 5.00. The fourth-order valence-corrected chi connectivity index (χ4v) is 2.32. The smallest absolute Gasteiger partial charge is 0.335 e. The van der Waals surface area contributed by atoms with E-state index in [0.717, 1.165) is 5.39 Å². The Morgan fingerprint density at radius 2 is 1.61 bits per heavy atom.